The summed E-state index contributed by atoms with van der Waals surface area (Å²) in [5.74, 6) is 2.14. The lowest BCUT2D eigenvalue weighted by atomic mass is 10.0. The third-order valence-electron chi connectivity index (χ3n) is 5.21. The average Bonchev–Trinajstić information content (AvgIpc) is 3.20. The Kier molecular flexibility index (Phi) is 8.86. The van der Waals surface area contributed by atoms with E-state index in [2.05, 4.69) is 55.3 Å². The van der Waals surface area contributed by atoms with E-state index in [1.807, 2.05) is 23.6 Å². The van der Waals surface area contributed by atoms with Gasteiger partial charge >= 0.3 is 0 Å². The molecule has 0 saturated heterocycles. The van der Waals surface area contributed by atoms with Crippen molar-refractivity contribution in [2.45, 2.75) is 58.3 Å². The molecule has 35 heavy (non-hydrogen) atoms. The van der Waals surface area contributed by atoms with Gasteiger partial charge < -0.3 is 14.6 Å². The summed E-state index contributed by atoms with van der Waals surface area (Å²) in [5, 5.41) is 22.9. The molecule has 186 valence electrons. The molecular formula is C25H31N5O4S. The molecule has 2 aromatic carbocycles. The second kappa shape index (κ2) is 11.8. The van der Waals surface area contributed by atoms with Gasteiger partial charge in [0.2, 0.25) is 5.91 Å². The number of non-ortho nitro benzene ring substituents is 1. The molecule has 9 nitrogen and oxygen atoms in total. The van der Waals surface area contributed by atoms with E-state index in [-0.39, 0.29) is 23.5 Å². The van der Waals surface area contributed by atoms with Crippen molar-refractivity contribution in [3.8, 4) is 5.75 Å². The first kappa shape index (κ1) is 26.2. The molecule has 0 fully saturated rings. The highest BCUT2D eigenvalue weighted by Gasteiger charge is 2.21. The number of benzene rings is 2. The number of ether oxygens (including phenoxy) is 1. The van der Waals surface area contributed by atoms with Crippen LogP contribution in [0.4, 0.5) is 11.4 Å². The van der Waals surface area contributed by atoms with Gasteiger partial charge in [-0.15, -0.1) is 10.2 Å². The predicted molar refractivity (Wildman–Crippen MR) is 137 cm³/mol. The van der Waals surface area contributed by atoms with Crippen LogP contribution in [-0.4, -0.2) is 31.3 Å². The van der Waals surface area contributed by atoms with Crippen molar-refractivity contribution in [3.05, 3.63) is 70.0 Å². The van der Waals surface area contributed by atoms with Gasteiger partial charge in [-0.1, -0.05) is 51.6 Å². The van der Waals surface area contributed by atoms with Gasteiger partial charge in [0.05, 0.1) is 10.7 Å². The number of nitrogens with one attached hydrogen (secondary N) is 1. The van der Waals surface area contributed by atoms with Crippen molar-refractivity contribution in [1.82, 2.24) is 14.8 Å². The summed E-state index contributed by atoms with van der Waals surface area (Å²) in [4.78, 5) is 22.7. The number of carbonyl (C=O) groups is 1. The molecule has 1 atom stereocenters. The predicted octanol–water partition coefficient (Wildman–Crippen LogP) is 5.84. The maximum atomic E-state index is 12.4. The van der Waals surface area contributed by atoms with Crippen LogP contribution in [0.15, 0.2) is 53.7 Å². The van der Waals surface area contributed by atoms with Crippen molar-refractivity contribution < 1.29 is 14.5 Å². The quantitative estimate of drug-likeness (QED) is 0.201. The van der Waals surface area contributed by atoms with Crippen molar-refractivity contribution >= 4 is 29.0 Å². The summed E-state index contributed by atoms with van der Waals surface area (Å²) in [6.45, 7) is 11.1. The maximum Gasteiger partial charge on any atom is 0.269 e. The summed E-state index contributed by atoms with van der Waals surface area (Å²) < 4.78 is 8.14. The molecule has 1 amide bonds. The number of thioether (sulfide) groups is 1. The summed E-state index contributed by atoms with van der Waals surface area (Å²) in [6.07, 6.45) is -0.325. The number of hydrogen-bond donors (Lipinski definition) is 1. The van der Waals surface area contributed by atoms with Crippen LogP contribution in [0.1, 0.15) is 58.0 Å². The third kappa shape index (κ3) is 7.29. The summed E-state index contributed by atoms with van der Waals surface area (Å²) in [5.41, 5.74) is 1.72. The molecule has 3 rings (SSSR count). The summed E-state index contributed by atoms with van der Waals surface area (Å²) in [6, 6.07) is 13.8. The Bertz CT molecular complexity index is 1140. The van der Waals surface area contributed by atoms with E-state index < -0.39 is 4.92 Å². The molecule has 0 radical (unpaired) electrons. The maximum absolute atomic E-state index is 12.4. The monoisotopic (exact) mass is 497 g/mol. The van der Waals surface area contributed by atoms with Crippen LogP contribution >= 0.6 is 11.8 Å². The van der Waals surface area contributed by atoms with Crippen LogP contribution in [0.3, 0.4) is 0 Å². The van der Waals surface area contributed by atoms with E-state index in [0.717, 1.165) is 5.75 Å². The zero-order valence-electron chi connectivity index (χ0n) is 20.6. The SMILES string of the molecule is CC(C)Cn1c(SCC(=O)Nc2ccc([N+](=O)[O-])cc2)nnc1C(C)Oc1ccc(C(C)C)cc1. The van der Waals surface area contributed by atoms with E-state index in [1.54, 1.807) is 0 Å². The van der Waals surface area contributed by atoms with Gasteiger partial charge in [-0.3, -0.25) is 14.9 Å². The summed E-state index contributed by atoms with van der Waals surface area (Å²) >= 11 is 1.29. The van der Waals surface area contributed by atoms with Crippen molar-refractivity contribution in [1.29, 1.82) is 0 Å². The molecule has 0 aliphatic rings. The Labute approximate surface area is 209 Å². The van der Waals surface area contributed by atoms with Gasteiger partial charge in [-0.05, 0) is 48.6 Å². The molecular weight excluding hydrogens is 466 g/mol. The van der Waals surface area contributed by atoms with Gasteiger partial charge in [0.15, 0.2) is 17.1 Å². The third-order valence-corrected chi connectivity index (χ3v) is 6.18. The Balaban J connectivity index is 1.66. The van der Waals surface area contributed by atoms with Crippen molar-refractivity contribution in [2.75, 3.05) is 11.1 Å². The number of carbonyl (C=O) groups excluding carboxylic acids is 1. The Morgan fingerprint density at radius 1 is 1.06 bits per heavy atom. The number of hydrogen-bond acceptors (Lipinski definition) is 7. The first-order valence-corrected chi connectivity index (χ1v) is 12.5. The van der Waals surface area contributed by atoms with Crippen LogP contribution in [-0.2, 0) is 11.3 Å². The van der Waals surface area contributed by atoms with Gasteiger partial charge in [0, 0.05) is 24.4 Å². The van der Waals surface area contributed by atoms with E-state index >= 15 is 0 Å². The molecule has 0 bridgehead atoms. The number of nitro benzene ring substituents is 1. The normalized spacial score (nSPS) is 12.1. The largest absolute Gasteiger partial charge is 0.483 e. The van der Waals surface area contributed by atoms with E-state index in [0.29, 0.717) is 35.0 Å². The van der Waals surface area contributed by atoms with Crippen LogP contribution in [0.5, 0.6) is 5.75 Å². The minimum absolute atomic E-state index is 0.0288. The molecule has 0 aliphatic heterocycles. The Morgan fingerprint density at radius 3 is 2.29 bits per heavy atom. The standard InChI is InChI=1S/C25H31N5O4S/c1-16(2)14-29-24(18(5)34-22-12-6-19(7-13-22)17(3)4)27-28-25(29)35-15-23(31)26-20-8-10-21(11-9-20)30(32)33/h6-13,16-18H,14-15H2,1-5H3,(H,26,31). The fourth-order valence-corrected chi connectivity index (χ4v) is 4.18. The van der Waals surface area contributed by atoms with Crippen LogP contribution in [0.2, 0.25) is 0 Å². The number of nitrogens with zero attached hydrogens (tertiary/aromatic N) is 4. The first-order chi connectivity index (χ1) is 16.6. The fraction of sp³-hybridized carbons (Fsp3) is 0.400. The number of aromatic nitrogens is 3. The lowest BCUT2D eigenvalue weighted by molar-refractivity contribution is -0.384. The van der Waals surface area contributed by atoms with Crippen molar-refractivity contribution in [3.63, 3.8) is 0 Å². The van der Waals surface area contributed by atoms with Gasteiger partial charge in [0.1, 0.15) is 5.75 Å². The minimum Gasteiger partial charge on any atom is -0.483 e. The molecule has 10 heteroatoms. The second-order valence-corrected chi connectivity index (χ2v) is 9.91. The fourth-order valence-electron chi connectivity index (χ4n) is 3.43. The molecule has 0 aliphatic carbocycles. The minimum atomic E-state index is -0.480. The van der Waals surface area contributed by atoms with Gasteiger partial charge in [-0.2, -0.15) is 0 Å². The number of rotatable bonds is 11. The van der Waals surface area contributed by atoms with E-state index in [4.69, 9.17) is 4.74 Å². The van der Waals surface area contributed by atoms with Gasteiger partial charge in [0.25, 0.3) is 5.69 Å². The zero-order valence-corrected chi connectivity index (χ0v) is 21.4. The average molecular weight is 498 g/mol. The van der Waals surface area contributed by atoms with Crippen LogP contribution < -0.4 is 10.1 Å². The lowest BCUT2D eigenvalue weighted by Crippen LogP contribution is -2.17. The molecule has 1 aromatic heterocycles. The Morgan fingerprint density at radius 2 is 1.71 bits per heavy atom. The topological polar surface area (TPSA) is 112 Å². The number of nitro groups is 1. The zero-order chi connectivity index (χ0) is 25.5. The highest BCUT2D eigenvalue weighted by molar-refractivity contribution is 7.99. The molecule has 1 unspecified atom stereocenters. The molecule has 0 spiro atoms. The smallest absolute Gasteiger partial charge is 0.269 e. The molecule has 3 aromatic rings. The highest BCUT2D eigenvalue weighted by Crippen LogP contribution is 2.27. The Hall–Kier alpha value is -3.40. The van der Waals surface area contributed by atoms with Crippen LogP contribution in [0, 0.1) is 16.0 Å². The number of anilines is 1. The highest BCUT2D eigenvalue weighted by atomic mass is 32.2. The second-order valence-electron chi connectivity index (χ2n) is 8.97. The lowest BCUT2D eigenvalue weighted by Gasteiger charge is -2.18. The summed E-state index contributed by atoms with van der Waals surface area (Å²) in [7, 11) is 0. The first-order valence-electron chi connectivity index (χ1n) is 11.5. The van der Waals surface area contributed by atoms with Gasteiger partial charge in [-0.25, -0.2) is 0 Å². The van der Waals surface area contributed by atoms with Crippen LogP contribution in [0.25, 0.3) is 0 Å². The number of amides is 1. The van der Waals surface area contributed by atoms with E-state index in [1.165, 1.54) is 41.6 Å². The van der Waals surface area contributed by atoms with Crippen molar-refractivity contribution in [2.24, 2.45) is 5.92 Å². The molecule has 0 saturated carbocycles. The molecule has 1 N–H and O–H groups in total. The van der Waals surface area contributed by atoms with E-state index in [9.17, 15) is 14.9 Å². The molecule has 1 heterocycles.